The fourth-order valence-corrected chi connectivity index (χ4v) is 4.50. The largest absolute Gasteiger partial charge is 0.416 e. The van der Waals surface area contributed by atoms with Gasteiger partial charge in [0, 0.05) is 12.6 Å². The van der Waals surface area contributed by atoms with Gasteiger partial charge in [0.2, 0.25) is 21.8 Å². The van der Waals surface area contributed by atoms with E-state index in [1.165, 1.54) is 19.1 Å². The van der Waals surface area contributed by atoms with Gasteiger partial charge in [-0.3, -0.25) is 13.9 Å². The quantitative estimate of drug-likeness (QED) is 0.422. The number of hydrogen-bond donors (Lipinski definition) is 1. The van der Waals surface area contributed by atoms with Gasteiger partial charge in [-0.2, -0.15) is 13.2 Å². The Kier molecular flexibility index (Phi) is 10.3. The highest BCUT2D eigenvalue weighted by molar-refractivity contribution is 7.92. The summed E-state index contributed by atoms with van der Waals surface area (Å²) < 4.78 is 65.4. The van der Waals surface area contributed by atoms with Crippen molar-refractivity contribution in [1.82, 2.24) is 10.2 Å². The van der Waals surface area contributed by atoms with Gasteiger partial charge in [0.05, 0.1) is 27.6 Å². The lowest BCUT2D eigenvalue weighted by molar-refractivity contribution is -0.139. The van der Waals surface area contributed by atoms with Crippen LogP contribution in [0.1, 0.15) is 38.3 Å². The molecule has 0 saturated carbocycles. The molecule has 0 fully saturated rings. The van der Waals surface area contributed by atoms with E-state index in [0.29, 0.717) is 22.4 Å². The van der Waals surface area contributed by atoms with Crippen LogP contribution in [0.25, 0.3) is 0 Å². The molecule has 204 valence electrons. The van der Waals surface area contributed by atoms with E-state index in [2.05, 4.69) is 5.32 Å². The molecule has 13 heteroatoms. The zero-order valence-electron chi connectivity index (χ0n) is 20.6. The molecule has 0 bridgehead atoms. The summed E-state index contributed by atoms with van der Waals surface area (Å²) in [5.41, 5.74) is -0.896. The Bertz CT molecular complexity index is 1240. The Hall–Kier alpha value is -2.50. The van der Waals surface area contributed by atoms with Crippen LogP contribution in [0.4, 0.5) is 18.9 Å². The third-order valence-electron chi connectivity index (χ3n) is 5.65. The lowest BCUT2D eigenvalue weighted by Gasteiger charge is -2.32. The highest BCUT2D eigenvalue weighted by Gasteiger charge is 2.33. The molecule has 2 rings (SSSR count). The predicted octanol–water partition coefficient (Wildman–Crippen LogP) is 5.11. The molecule has 2 aromatic carbocycles. The van der Waals surface area contributed by atoms with E-state index in [9.17, 15) is 31.2 Å². The van der Waals surface area contributed by atoms with Crippen LogP contribution >= 0.6 is 23.2 Å². The molecular weight excluding hydrogens is 554 g/mol. The topological polar surface area (TPSA) is 86.8 Å². The van der Waals surface area contributed by atoms with E-state index >= 15 is 0 Å². The summed E-state index contributed by atoms with van der Waals surface area (Å²) in [6, 6.07) is 7.04. The van der Waals surface area contributed by atoms with Crippen molar-refractivity contribution in [1.29, 1.82) is 0 Å². The molecule has 2 aromatic rings. The number of halogens is 5. The number of anilines is 1. The molecule has 0 aliphatic rings. The van der Waals surface area contributed by atoms with Gasteiger partial charge >= 0.3 is 6.18 Å². The summed E-state index contributed by atoms with van der Waals surface area (Å²) in [5.74, 6) is -1.28. The van der Waals surface area contributed by atoms with Crippen molar-refractivity contribution in [3.63, 3.8) is 0 Å². The van der Waals surface area contributed by atoms with Crippen molar-refractivity contribution in [2.45, 2.75) is 52.0 Å². The van der Waals surface area contributed by atoms with Crippen LogP contribution in [0, 0.1) is 0 Å². The van der Waals surface area contributed by atoms with E-state index in [-0.39, 0.29) is 28.3 Å². The number of nitrogens with one attached hydrogen (secondary N) is 1. The van der Waals surface area contributed by atoms with E-state index in [1.807, 2.05) is 6.92 Å². The summed E-state index contributed by atoms with van der Waals surface area (Å²) in [4.78, 5) is 27.5. The summed E-state index contributed by atoms with van der Waals surface area (Å²) >= 11 is 12.1. The van der Waals surface area contributed by atoms with Crippen molar-refractivity contribution < 1.29 is 31.2 Å². The summed E-state index contributed by atoms with van der Waals surface area (Å²) in [5, 5.41) is 3.26. The van der Waals surface area contributed by atoms with Crippen molar-refractivity contribution in [3.8, 4) is 0 Å². The Morgan fingerprint density at radius 1 is 1.05 bits per heavy atom. The van der Waals surface area contributed by atoms with Gasteiger partial charge in [0.1, 0.15) is 12.6 Å². The minimum absolute atomic E-state index is 0.134. The second-order valence-corrected chi connectivity index (χ2v) is 11.3. The third kappa shape index (κ3) is 8.51. The number of sulfonamides is 1. The minimum atomic E-state index is -4.72. The van der Waals surface area contributed by atoms with Crippen LogP contribution < -0.4 is 9.62 Å². The van der Waals surface area contributed by atoms with Crippen LogP contribution in [0.3, 0.4) is 0 Å². The molecule has 1 N–H and O–H groups in total. The molecule has 0 heterocycles. The first-order chi connectivity index (χ1) is 17.0. The van der Waals surface area contributed by atoms with E-state index in [4.69, 9.17) is 23.2 Å². The molecule has 7 nitrogen and oxygen atoms in total. The summed E-state index contributed by atoms with van der Waals surface area (Å²) in [6.45, 7) is 4.16. The average Bonchev–Trinajstić information content (AvgIpc) is 2.81. The molecule has 2 atom stereocenters. The third-order valence-corrected chi connectivity index (χ3v) is 7.53. The molecule has 0 aliphatic heterocycles. The van der Waals surface area contributed by atoms with Crippen LogP contribution in [-0.4, -0.2) is 50.0 Å². The van der Waals surface area contributed by atoms with Crippen molar-refractivity contribution in [2.24, 2.45) is 0 Å². The van der Waals surface area contributed by atoms with Crippen LogP contribution in [0.5, 0.6) is 0 Å². The van der Waals surface area contributed by atoms with Crippen molar-refractivity contribution in [3.05, 3.63) is 63.6 Å². The molecule has 0 radical (unpaired) electrons. The number of hydrogen-bond acceptors (Lipinski definition) is 4. The first-order valence-corrected chi connectivity index (χ1v) is 13.8. The zero-order chi connectivity index (χ0) is 28.1. The van der Waals surface area contributed by atoms with Gasteiger partial charge in [-0.15, -0.1) is 0 Å². The van der Waals surface area contributed by atoms with Crippen molar-refractivity contribution in [2.75, 3.05) is 17.1 Å². The summed E-state index contributed by atoms with van der Waals surface area (Å²) in [7, 11) is -4.18. The monoisotopic (exact) mass is 581 g/mol. The Balaban J connectivity index is 2.46. The number of carbonyl (C=O) groups excluding carboxylic acids is 2. The maximum absolute atomic E-state index is 13.5. The highest BCUT2D eigenvalue weighted by Crippen LogP contribution is 2.32. The second-order valence-electron chi connectivity index (χ2n) is 8.58. The molecule has 0 aromatic heterocycles. The molecule has 0 unspecified atom stereocenters. The average molecular weight is 582 g/mol. The molecule has 0 aliphatic carbocycles. The van der Waals surface area contributed by atoms with Crippen molar-refractivity contribution >= 4 is 50.7 Å². The smallest absolute Gasteiger partial charge is 0.352 e. The van der Waals surface area contributed by atoms with E-state index in [0.717, 1.165) is 29.4 Å². The Morgan fingerprint density at radius 2 is 1.70 bits per heavy atom. The number of benzene rings is 2. The number of nitrogens with zero attached hydrogens (tertiary/aromatic N) is 2. The number of alkyl halides is 3. The number of amides is 2. The van der Waals surface area contributed by atoms with Crippen LogP contribution in [0.2, 0.25) is 10.0 Å². The van der Waals surface area contributed by atoms with Gasteiger partial charge in [-0.1, -0.05) is 42.3 Å². The SMILES string of the molecule is CC[C@@H](C)NC(=O)[C@H](C)N(Cc1ccc(Cl)c(Cl)c1)C(=O)CN(c1cccc(C(F)(F)F)c1)S(C)(=O)=O. The first kappa shape index (κ1) is 30.7. The molecule has 2 amide bonds. The fourth-order valence-electron chi connectivity index (χ4n) is 3.33. The lowest BCUT2D eigenvalue weighted by Crippen LogP contribution is -2.52. The standard InChI is InChI=1S/C24H28Cl2F3N3O4S/c1-5-15(2)30-23(34)16(3)31(13-17-9-10-20(25)21(26)11-17)22(33)14-32(37(4,35)36)19-8-6-7-18(12-19)24(27,28)29/h6-12,15-16H,5,13-14H2,1-4H3,(H,30,34)/t15-,16+/m1/s1. The Labute approximate surface area is 224 Å². The van der Waals surface area contributed by atoms with Crippen LogP contribution in [-0.2, 0) is 32.3 Å². The maximum Gasteiger partial charge on any atom is 0.416 e. The highest BCUT2D eigenvalue weighted by atomic mass is 35.5. The molecule has 37 heavy (non-hydrogen) atoms. The minimum Gasteiger partial charge on any atom is -0.352 e. The number of carbonyl (C=O) groups is 2. The molecular formula is C24H28Cl2F3N3O4S. The van der Waals surface area contributed by atoms with E-state index in [1.54, 1.807) is 13.0 Å². The fraction of sp³-hybridized carbons (Fsp3) is 0.417. The zero-order valence-corrected chi connectivity index (χ0v) is 23.0. The summed E-state index contributed by atoms with van der Waals surface area (Å²) in [6.07, 6.45) is -3.30. The van der Waals surface area contributed by atoms with Gasteiger partial charge in [0.15, 0.2) is 0 Å². The lowest BCUT2D eigenvalue weighted by atomic mass is 10.1. The maximum atomic E-state index is 13.5. The first-order valence-electron chi connectivity index (χ1n) is 11.2. The van der Waals surface area contributed by atoms with Gasteiger partial charge < -0.3 is 10.2 Å². The normalized spacial score (nSPS) is 13.5. The molecule has 0 saturated heterocycles. The van der Waals surface area contributed by atoms with Crippen LogP contribution in [0.15, 0.2) is 42.5 Å². The van der Waals surface area contributed by atoms with E-state index < -0.39 is 46.2 Å². The van der Waals surface area contributed by atoms with Gasteiger partial charge in [-0.05, 0) is 56.2 Å². The Morgan fingerprint density at radius 3 is 2.24 bits per heavy atom. The van der Waals surface area contributed by atoms with Gasteiger partial charge in [0.25, 0.3) is 0 Å². The van der Waals surface area contributed by atoms with Gasteiger partial charge in [-0.25, -0.2) is 8.42 Å². The predicted molar refractivity (Wildman–Crippen MR) is 138 cm³/mol. The number of rotatable bonds is 10. The second kappa shape index (κ2) is 12.4. The molecule has 0 spiro atoms.